The van der Waals surface area contributed by atoms with Gasteiger partial charge in [0.15, 0.2) is 0 Å². The Morgan fingerprint density at radius 3 is 2.57 bits per heavy atom. The van der Waals surface area contributed by atoms with Crippen molar-refractivity contribution in [3.8, 4) is 23.4 Å². The molecular weight excluding hydrogens is 355 g/mol. The number of pyridine rings is 1. The van der Waals surface area contributed by atoms with Crippen LogP contribution in [0.25, 0.3) is 0 Å². The first kappa shape index (κ1) is 18.0. The average Bonchev–Trinajstić information content (AvgIpc) is 3.13. The van der Waals surface area contributed by atoms with Crippen LogP contribution in [-0.4, -0.2) is 22.2 Å². The van der Waals surface area contributed by atoms with Gasteiger partial charge in [0.25, 0.3) is 0 Å². The van der Waals surface area contributed by atoms with Crippen molar-refractivity contribution in [2.75, 3.05) is 0 Å². The molecule has 2 N–H and O–H groups in total. The van der Waals surface area contributed by atoms with Crippen molar-refractivity contribution in [1.82, 2.24) is 4.98 Å². The molecule has 7 heteroatoms. The highest BCUT2D eigenvalue weighted by atomic mass is 16.5. The number of hydrogen-bond acceptors (Lipinski definition) is 6. The van der Waals surface area contributed by atoms with Gasteiger partial charge in [0.05, 0.1) is 5.56 Å². The number of ether oxygens (including phenoxy) is 2. The normalized spacial score (nSPS) is 14.8. The van der Waals surface area contributed by atoms with Crippen LogP contribution in [0.1, 0.15) is 29.2 Å². The second-order valence-electron chi connectivity index (χ2n) is 6.51. The fraction of sp³-hybridized carbons (Fsp3) is 0.143. The van der Waals surface area contributed by atoms with Crippen LogP contribution in [0.3, 0.4) is 0 Å². The Balaban J connectivity index is 1.52. The van der Waals surface area contributed by atoms with E-state index in [1.54, 1.807) is 36.4 Å². The highest BCUT2D eigenvalue weighted by Crippen LogP contribution is 2.40. The van der Waals surface area contributed by atoms with Crippen LogP contribution in [0.5, 0.6) is 17.4 Å². The van der Waals surface area contributed by atoms with Gasteiger partial charge in [-0.2, -0.15) is 5.26 Å². The average molecular weight is 372 g/mol. The first-order chi connectivity index (χ1) is 13.6. The Morgan fingerprint density at radius 1 is 1.07 bits per heavy atom. The lowest BCUT2D eigenvalue weighted by Gasteiger charge is -2.16. The zero-order valence-corrected chi connectivity index (χ0v) is 14.9. The van der Waals surface area contributed by atoms with Gasteiger partial charge >= 0.3 is 7.12 Å². The molecule has 0 aliphatic heterocycles. The van der Waals surface area contributed by atoms with E-state index in [0.29, 0.717) is 22.7 Å². The van der Waals surface area contributed by atoms with Gasteiger partial charge in [-0.3, -0.25) is 0 Å². The first-order valence-electron chi connectivity index (χ1n) is 8.92. The van der Waals surface area contributed by atoms with Gasteiger partial charge in [0.1, 0.15) is 23.7 Å². The number of hydrogen-bond donors (Lipinski definition) is 2. The Labute approximate surface area is 162 Å². The summed E-state index contributed by atoms with van der Waals surface area (Å²) >= 11 is 0. The minimum absolute atomic E-state index is 0.0997. The molecule has 0 fully saturated rings. The molecule has 1 atom stereocenters. The molecule has 0 unspecified atom stereocenters. The van der Waals surface area contributed by atoms with Gasteiger partial charge in [0.2, 0.25) is 5.88 Å². The van der Waals surface area contributed by atoms with Crippen molar-refractivity contribution < 1.29 is 19.5 Å². The van der Waals surface area contributed by atoms with Crippen LogP contribution >= 0.6 is 0 Å². The molecule has 1 aromatic heterocycles. The maximum atomic E-state index is 9.19. The van der Waals surface area contributed by atoms with Crippen molar-refractivity contribution in [3.05, 3.63) is 77.5 Å². The lowest BCUT2D eigenvalue weighted by molar-refractivity contribution is 0.207. The molecule has 2 aromatic carbocycles. The summed E-state index contributed by atoms with van der Waals surface area (Å²) in [6.07, 6.45) is 3.02. The van der Waals surface area contributed by atoms with Crippen LogP contribution < -0.4 is 14.9 Å². The Bertz CT molecular complexity index is 1010. The summed E-state index contributed by atoms with van der Waals surface area (Å²) in [5.41, 5.74) is 3.06. The van der Waals surface area contributed by atoms with E-state index in [1.165, 1.54) is 6.20 Å². The third kappa shape index (κ3) is 3.69. The molecule has 0 spiro atoms. The largest absolute Gasteiger partial charge is 0.488 e. The summed E-state index contributed by atoms with van der Waals surface area (Å²) in [4.78, 5) is 4.16. The van der Waals surface area contributed by atoms with Gasteiger partial charge in [0, 0.05) is 17.8 Å². The molecule has 0 saturated heterocycles. The number of rotatable bonds is 5. The molecule has 0 radical (unpaired) electrons. The quantitative estimate of drug-likeness (QED) is 0.669. The Hall–Kier alpha value is -3.34. The molecule has 0 bridgehead atoms. The van der Waals surface area contributed by atoms with Crippen LogP contribution in [0.4, 0.5) is 0 Å². The van der Waals surface area contributed by atoms with Crippen molar-refractivity contribution >= 4 is 12.6 Å². The highest BCUT2D eigenvalue weighted by molar-refractivity contribution is 6.58. The van der Waals surface area contributed by atoms with Crippen molar-refractivity contribution in [2.45, 2.75) is 18.9 Å². The van der Waals surface area contributed by atoms with E-state index in [4.69, 9.17) is 14.7 Å². The maximum absolute atomic E-state index is 9.19. The summed E-state index contributed by atoms with van der Waals surface area (Å²) in [7, 11) is -1.49. The smallest absolute Gasteiger partial charge is 0.486 e. The van der Waals surface area contributed by atoms with E-state index >= 15 is 0 Å². The minimum Gasteiger partial charge on any atom is -0.486 e. The Kier molecular flexibility index (Phi) is 4.98. The lowest BCUT2D eigenvalue weighted by atomic mass is 9.80. The van der Waals surface area contributed by atoms with Gasteiger partial charge in [-0.15, -0.1) is 0 Å². The van der Waals surface area contributed by atoms with Crippen molar-refractivity contribution in [3.63, 3.8) is 0 Å². The number of nitriles is 1. The molecular formula is C21H17BN2O4. The van der Waals surface area contributed by atoms with Gasteiger partial charge in [-0.05, 0) is 48.1 Å². The molecule has 6 nitrogen and oxygen atoms in total. The molecule has 3 aromatic rings. The van der Waals surface area contributed by atoms with Crippen molar-refractivity contribution in [1.29, 1.82) is 5.26 Å². The lowest BCUT2D eigenvalue weighted by Crippen LogP contribution is -2.29. The third-order valence-corrected chi connectivity index (χ3v) is 4.71. The van der Waals surface area contributed by atoms with Crippen LogP contribution in [0, 0.1) is 11.3 Å². The zero-order chi connectivity index (χ0) is 19.5. The fourth-order valence-electron chi connectivity index (χ4n) is 3.30. The summed E-state index contributed by atoms with van der Waals surface area (Å²) in [5, 5.41) is 27.2. The molecule has 1 aliphatic rings. The third-order valence-electron chi connectivity index (χ3n) is 4.71. The van der Waals surface area contributed by atoms with E-state index in [0.717, 1.165) is 29.7 Å². The summed E-state index contributed by atoms with van der Waals surface area (Å²) in [6, 6.07) is 18.0. The van der Waals surface area contributed by atoms with Crippen LogP contribution in [0.2, 0.25) is 0 Å². The highest BCUT2D eigenvalue weighted by Gasteiger charge is 2.27. The standard InChI is InChI=1S/C21H17BN2O4/c23-12-14-4-11-21(24-13-14)28-19-3-1-2-17-18(19)9-10-20(17)27-16-7-5-15(6-8-16)22(25)26/h1-8,11,13,20,25-26H,9-10H2/t20-/m1/s1. The van der Waals surface area contributed by atoms with E-state index in [2.05, 4.69) is 4.98 Å². The monoisotopic (exact) mass is 372 g/mol. The SMILES string of the molecule is N#Cc1ccc(Oc2cccc3c2CC[C@H]3Oc2ccc(B(O)O)cc2)nc1. The van der Waals surface area contributed by atoms with E-state index in [-0.39, 0.29) is 6.10 Å². The molecule has 1 aliphatic carbocycles. The van der Waals surface area contributed by atoms with E-state index < -0.39 is 7.12 Å². The molecule has 0 saturated carbocycles. The summed E-state index contributed by atoms with van der Waals surface area (Å²) in [6.45, 7) is 0. The van der Waals surface area contributed by atoms with Crippen LogP contribution in [0.15, 0.2) is 60.8 Å². The molecule has 4 rings (SSSR count). The number of aromatic nitrogens is 1. The number of nitrogens with zero attached hydrogens (tertiary/aromatic N) is 2. The predicted octanol–water partition coefficient (Wildman–Crippen LogP) is 2.49. The van der Waals surface area contributed by atoms with Gasteiger partial charge in [-0.25, -0.2) is 4.98 Å². The topological polar surface area (TPSA) is 95.6 Å². The zero-order valence-electron chi connectivity index (χ0n) is 14.9. The molecule has 28 heavy (non-hydrogen) atoms. The molecule has 1 heterocycles. The molecule has 138 valence electrons. The first-order valence-corrected chi connectivity index (χ1v) is 8.92. The molecule has 0 amide bonds. The predicted molar refractivity (Wildman–Crippen MR) is 103 cm³/mol. The number of benzene rings is 2. The van der Waals surface area contributed by atoms with Gasteiger partial charge < -0.3 is 19.5 Å². The van der Waals surface area contributed by atoms with E-state index in [9.17, 15) is 10.0 Å². The van der Waals surface area contributed by atoms with Gasteiger partial charge in [-0.1, -0.05) is 24.3 Å². The second kappa shape index (κ2) is 7.73. The number of fused-ring (bicyclic) bond motifs is 1. The van der Waals surface area contributed by atoms with Crippen molar-refractivity contribution in [2.24, 2.45) is 0 Å². The van der Waals surface area contributed by atoms with Crippen LogP contribution in [-0.2, 0) is 6.42 Å². The van der Waals surface area contributed by atoms with E-state index in [1.807, 2.05) is 24.3 Å². The second-order valence-corrected chi connectivity index (χ2v) is 6.51. The minimum atomic E-state index is -1.49. The summed E-state index contributed by atoms with van der Waals surface area (Å²) in [5.74, 6) is 1.84. The Morgan fingerprint density at radius 2 is 1.89 bits per heavy atom. The fourth-order valence-corrected chi connectivity index (χ4v) is 3.30. The maximum Gasteiger partial charge on any atom is 0.488 e. The summed E-state index contributed by atoms with van der Waals surface area (Å²) < 4.78 is 12.0.